The third-order valence-electron chi connectivity index (χ3n) is 3.31. The molecule has 1 aromatic carbocycles. The lowest BCUT2D eigenvalue weighted by molar-refractivity contribution is 0.415. The Hall–Kier alpha value is -2.40. The zero-order valence-electron chi connectivity index (χ0n) is 12.0. The maximum absolute atomic E-state index is 5.21. The molecule has 0 radical (unpaired) electrons. The van der Waals surface area contributed by atoms with Gasteiger partial charge in [-0.2, -0.15) is 0 Å². The van der Waals surface area contributed by atoms with Crippen LogP contribution in [0.1, 0.15) is 11.5 Å². The van der Waals surface area contributed by atoms with E-state index in [4.69, 9.17) is 4.74 Å². The molecule has 5 nitrogen and oxygen atoms in total. The van der Waals surface area contributed by atoms with Crippen molar-refractivity contribution in [1.82, 2.24) is 20.3 Å². The van der Waals surface area contributed by atoms with Gasteiger partial charge in [-0.05, 0) is 24.3 Å². The fraction of sp³-hybridized carbons (Fsp3) is 0.250. The predicted molar refractivity (Wildman–Crippen MR) is 82.3 cm³/mol. The lowest BCUT2D eigenvalue weighted by Crippen LogP contribution is -2.17. The Morgan fingerprint density at radius 2 is 2.19 bits per heavy atom. The highest BCUT2D eigenvalue weighted by molar-refractivity contribution is 5.76. The van der Waals surface area contributed by atoms with Crippen LogP contribution in [-0.4, -0.2) is 28.6 Å². The van der Waals surface area contributed by atoms with Gasteiger partial charge in [0.15, 0.2) is 0 Å². The molecule has 2 N–H and O–H groups in total. The van der Waals surface area contributed by atoms with Crippen LogP contribution < -0.4 is 10.1 Å². The van der Waals surface area contributed by atoms with Crippen LogP contribution in [0.4, 0.5) is 0 Å². The van der Waals surface area contributed by atoms with Crippen LogP contribution in [0.5, 0.6) is 5.75 Å². The van der Waals surface area contributed by atoms with Gasteiger partial charge in [0.1, 0.15) is 11.6 Å². The summed E-state index contributed by atoms with van der Waals surface area (Å²) < 4.78 is 5.21. The summed E-state index contributed by atoms with van der Waals surface area (Å²) >= 11 is 0. The van der Waals surface area contributed by atoms with Gasteiger partial charge in [0.25, 0.3) is 0 Å². The van der Waals surface area contributed by atoms with Gasteiger partial charge in [0, 0.05) is 30.9 Å². The van der Waals surface area contributed by atoms with Gasteiger partial charge in [0.2, 0.25) is 0 Å². The first-order valence-corrected chi connectivity index (χ1v) is 6.98. The molecule has 0 aliphatic heterocycles. The molecule has 5 heteroatoms. The molecule has 21 heavy (non-hydrogen) atoms. The predicted octanol–water partition coefficient (Wildman–Crippen LogP) is 2.30. The monoisotopic (exact) mass is 282 g/mol. The molecule has 0 atom stereocenters. The fourth-order valence-corrected chi connectivity index (χ4v) is 2.22. The standard InChI is InChI=1S/C16H18N4O/c1-21-13-5-6-14-15(10-13)20-16(19-14)11-17-9-7-12-4-2-3-8-18-12/h2-6,8,10,17H,7,9,11H2,1H3,(H,19,20). The van der Waals surface area contributed by atoms with Gasteiger partial charge in [0.05, 0.1) is 24.7 Å². The Morgan fingerprint density at radius 3 is 3.00 bits per heavy atom. The van der Waals surface area contributed by atoms with Crippen molar-refractivity contribution in [1.29, 1.82) is 0 Å². The summed E-state index contributed by atoms with van der Waals surface area (Å²) in [5, 5.41) is 3.37. The van der Waals surface area contributed by atoms with Crippen molar-refractivity contribution in [3.63, 3.8) is 0 Å². The van der Waals surface area contributed by atoms with Crippen LogP contribution in [0.25, 0.3) is 11.0 Å². The quantitative estimate of drug-likeness (QED) is 0.681. The molecular formula is C16H18N4O. The number of aromatic nitrogens is 3. The van der Waals surface area contributed by atoms with Crippen molar-refractivity contribution in [2.24, 2.45) is 0 Å². The number of benzene rings is 1. The maximum Gasteiger partial charge on any atom is 0.121 e. The van der Waals surface area contributed by atoms with Gasteiger partial charge in [-0.3, -0.25) is 4.98 Å². The average molecular weight is 282 g/mol. The first-order chi connectivity index (χ1) is 10.3. The molecule has 0 aliphatic carbocycles. The van der Waals surface area contributed by atoms with E-state index in [1.54, 1.807) is 7.11 Å². The molecule has 108 valence electrons. The highest BCUT2D eigenvalue weighted by atomic mass is 16.5. The Bertz CT molecular complexity index is 709. The molecule has 0 bridgehead atoms. The number of nitrogens with one attached hydrogen (secondary N) is 2. The number of hydrogen-bond donors (Lipinski definition) is 2. The molecule has 0 spiro atoms. The van der Waals surface area contributed by atoms with Gasteiger partial charge < -0.3 is 15.0 Å². The Balaban J connectivity index is 1.55. The van der Waals surface area contributed by atoms with Crippen molar-refractivity contribution in [2.45, 2.75) is 13.0 Å². The van der Waals surface area contributed by atoms with E-state index in [0.29, 0.717) is 6.54 Å². The zero-order valence-corrected chi connectivity index (χ0v) is 12.0. The minimum Gasteiger partial charge on any atom is -0.497 e. The lowest BCUT2D eigenvalue weighted by Gasteiger charge is -2.02. The lowest BCUT2D eigenvalue weighted by atomic mass is 10.3. The number of imidazole rings is 1. The molecule has 0 saturated carbocycles. The van der Waals surface area contributed by atoms with Crippen LogP contribution in [0.2, 0.25) is 0 Å². The number of hydrogen-bond acceptors (Lipinski definition) is 4. The maximum atomic E-state index is 5.21. The second-order valence-electron chi connectivity index (χ2n) is 4.81. The van der Waals surface area contributed by atoms with E-state index in [1.807, 2.05) is 42.6 Å². The number of H-pyrrole nitrogens is 1. The van der Waals surface area contributed by atoms with Gasteiger partial charge in [-0.1, -0.05) is 6.07 Å². The van der Waals surface area contributed by atoms with E-state index in [9.17, 15) is 0 Å². The van der Waals surface area contributed by atoms with Gasteiger partial charge >= 0.3 is 0 Å². The third-order valence-corrected chi connectivity index (χ3v) is 3.31. The molecule has 2 heterocycles. The fourth-order valence-electron chi connectivity index (χ4n) is 2.22. The Labute approximate surface area is 123 Å². The molecule has 0 aliphatic rings. The van der Waals surface area contributed by atoms with E-state index in [2.05, 4.69) is 20.3 Å². The van der Waals surface area contributed by atoms with Crippen molar-refractivity contribution < 1.29 is 4.74 Å². The van der Waals surface area contributed by atoms with Crippen LogP contribution >= 0.6 is 0 Å². The number of methoxy groups -OCH3 is 1. The first kappa shape index (κ1) is 13.6. The summed E-state index contributed by atoms with van der Waals surface area (Å²) in [6.45, 7) is 1.58. The number of aromatic amines is 1. The molecule has 0 fully saturated rings. The largest absolute Gasteiger partial charge is 0.497 e. The molecule has 0 unspecified atom stereocenters. The van der Waals surface area contributed by atoms with Crippen LogP contribution in [0.3, 0.4) is 0 Å². The summed E-state index contributed by atoms with van der Waals surface area (Å²) in [4.78, 5) is 12.1. The summed E-state index contributed by atoms with van der Waals surface area (Å²) in [6, 6.07) is 11.8. The summed E-state index contributed by atoms with van der Waals surface area (Å²) in [7, 11) is 1.66. The molecule has 0 amide bonds. The second kappa shape index (κ2) is 6.37. The normalized spacial score (nSPS) is 10.9. The average Bonchev–Trinajstić information content (AvgIpc) is 2.94. The highest BCUT2D eigenvalue weighted by Gasteiger charge is 2.03. The van der Waals surface area contributed by atoms with E-state index < -0.39 is 0 Å². The Morgan fingerprint density at radius 1 is 1.24 bits per heavy atom. The zero-order chi connectivity index (χ0) is 14.5. The second-order valence-corrected chi connectivity index (χ2v) is 4.81. The van der Waals surface area contributed by atoms with Gasteiger partial charge in [-0.25, -0.2) is 4.98 Å². The van der Waals surface area contributed by atoms with E-state index >= 15 is 0 Å². The number of fused-ring (bicyclic) bond motifs is 1. The van der Waals surface area contributed by atoms with Crippen molar-refractivity contribution in [2.75, 3.05) is 13.7 Å². The SMILES string of the molecule is COc1ccc2nc(CNCCc3ccccn3)[nH]c2c1. The van der Waals surface area contributed by atoms with Gasteiger partial charge in [-0.15, -0.1) is 0 Å². The molecular weight excluding hydrogens is 264 g/mol. The summed E-state index contributed by atoms with van der Waals surface area (Å²) in [5.41, 5.74) is 3.05. The number of ether oxygens (including phenoxy) is 1. The Kier molecular flexibility index (Phi) is 4.12. The number of nitrogens with zero attached hydrogens (tertiary/aromatic N) is 2. The molecule has 3 aromatic rings. The van der Waals surface area contributed by atoms with Crippen molar-refractivity contribution in [3.8, 4) is 5.75 Å². The summed E-state index contributed by atoms with van der Waals surface area (Å²) in [6.07, 6.45) is 2.73. The van der Waals surface area contributed by atoms with Crippen molar-refractivity contribution in [3.05, 3.63) is 54.1 Å². The smallest absolute Gasteiger partial charge is 0.121 e. The van der Waals surface area contributed by atoms with Crippen LogP contribution in [0.15, 0.2) is 42.6 Å². The van der Waals surface area contributed by atoms with E-state index in [-0.39, 0.29) is 0 Å². The first-order valence-electron chi connectivity index (χ1n) is 6.98. The minimum absolute atomic E-state index is 0.712. The molecule has 2 aromatic heterocycles. The molecule has 0 saturated heterocycles. The topological polar surface area (TPSA) is 62.8 Å². The van der Waals surface area contributed by atoms with Crippen LogP contribution in [0, 0.1) is 0 Å². The summed E-state index contributed by atoms with van der Waals surface area (Å²) in [5.74, 6) is 1.76. The highest BCUT2D eigenvalue weighted by Crippen LogP contribution is 2.18. The van der Waals surface area contributed by atoms with E-state index in [1.165, 1.54) is 0 Å². The van der Waals surface area contributed by atoms with E-state index in [0.717, 1.165) is 41.3 Å². The number of pyridine rings is 1. The number of rotatable bonds is 6. The molecule has 3 rings (SSSR count). The third kappa shape index (κ3) is 3.38. The van der Waals surface area contributed by atoms with Crippen LogP contribution in [-0.2, 0) is 13.0 Å². The minimum atomic E-state index is 0.712. The van der Waals surface area contributed by atoms with Crippen molar-refractivity contribution >= 4 is 11.0 Å².